The van der Waals surface area contributed by atoms with Crippen molar-refractivity contribution < 1.29 is 9.21 Å². The fourth-order valence-electron chi connectivity index (χ4n) is 2.72. The van der Waals surface area contributed by atoms with Crippen molar-refractivity contribution in [3.8, 4) is 16.5 Å². The zero-order valence-corrected chi connectivity index (χ0v) is 15.6. The molecule has 8 heteroatoms. The van der Waals surface area contributed by atoms with Crippen LogP contribution in [0.4, 0.5) is 0 Å². The number of nitrogens with zero attached hydrogens (tertiary/aromatic N) is 4. The minimum absolute atomic E-state index is 0.157. The number of aromatic nitrogens is 4. The summed E-state index contributed by atoms with van der Waals surface area (Å²) in [5, 5.41) is 7.81. The quantitative estimate of drug-likeness (QED) is 0.570. The Hall–Kier alpha value is -3.26. The standard InChI is InChI=1S/C19H17N5O2S/c1-12(14-5-7-15(8-6-14)24-11-20-10-21-24)22-18(25)17-13(2)27-19(23-17)16-4-3-9-26-16/h3-12H,1-2H3,(H,22,25). The molecule has 3 heterocycles. The smallest absolute Gasteiger partial charge is 0.271 e. The minimum Gasteiger partial charge on any atom is -0.462 e. The van der Waals surface area contributed by atoms with Crippen molar-refractivity contribution in [2.45, 2.75) is 19.9 Å². The number of thiazole rings is 1. The number of amides is 1. The fraction of sp³-hybridized carbons (Fsp3) is 0.158. The normalized spacial score (nSPS) is 12.1. The molecular weight excluding hydrogens is 362 g/mol. The van der Waals surface area contributed by atoms with E-state index in [9.17, 15) is 4.79 Å². The molecule has 1 amide bonds. The van der Waals surface area contributed by atoms with Crippen LogP contribution in [-0.4, -0.2) is 25.7 Å². The predicted molar refractivity (Wildman–Crippen MR) is 102 cm³/mol. The van der Waals surface area contributed by atoms with Crippen LogP contribution < -0.4 is 5.32 Å². The van der Waals surface area contributed by atoms with Gasteiger partial charge in [-0.05, 0) is 43.7 Å². The number of rotatable bonds is 5. The van der Waals surface area contributed by atoms with Crippen molar-refractivity contribution in [3.05, 3.63) is 71.5 Å². The molecular formula is C19H17N5O2S. The van der Waals surface area contributed by atoms with Crippen molar-refractivity contribution >= 4 is 17.2 Å². The van der Waals surface area contributed by atoms with Gasteiger partial charge in [-0.1, -0.05) is 12.1 Å². The highest BCUT2D eigenvalue weighted by Gasteiger charge is 2.19. The molecule has 0 saturated heterocycles. The van der Waals surface area contributed by atoms with E-state index in [-0.39, 0.29) is 11.9 Å². The lowest BCUT2D eigenvalue weighted by molar-refractivity contribution is 0.0935. The van der Waals surface area contributed by atoms with Gasteiger partial charge >= 0.3 is 0 Å². The third kappa shape index (κ3) is 3.52. The van der Waals surface area contributed by atoms with Crippen LogP contribution in [0.3, 0.4) is 0 Å². The van der Waals surface area contributed by atoms with Crippen LogP contribution >= 0.6 is 11.3 Å². The summed E-state index contributed by atoms with van der Waals surface area (Å²) in [6.45, 7) is 3.83. The van der Waals surface area contributed by atoms with E-state index in [1.807, 2.05) is 44.2 Å². The largest absolute Gasteiger partial charge is 0.462 e. The van der Waals surface area contributed by atoms with Gasteiger partial charge in [-0.3, -0.25) is 4.79 Å². The van der Waals surface area contributed by atoms with Gasteiger partial charge in [-0.25, -0.2) is 14.6 Å². The van der Waals surface area contributed by atoms with E-state index >= 15 is 0 Å². The second-order valence-electron chi connectivity index (χ2n) is 6.03. The lowest BCUT2D eigenvalue weighted by Gasteiger charge is -2.14. The number of aryl methyl sites for hydroxylation is 1. The molecule has 136 valence electrons. The summed E-state index contributed by atoms with van der Waals surface area (Å²) >= 11 is 1.44. The Morgan fingerprint density at radius 1 is 1.26 bits per heavy atom. The van der Waals surface area contributed by atoms with E-state index in [0.29, 0.717) is 16.5 Å². The summed E-state index contributed by atoms with van der Waals surface area (Å²) < 4.78 is 7.05. The van der Waals surface area contributed by atoms with E-state index in [2.05, 4.69) is 20.4 Å². The van der Waals surface area contributed by atoms with Crippen LogP contribution in [0.25, 0.3) is 16.5 Å². The molecule has 0 aliphatic heterocycles. The van der Waals surface area contributed by atoms with E-state index < -0.39 is 0 Å². The van der Waals surface area contributed by atoms with E-state index in [1.54, 1.807) is 23.3 Å². The molecule has 0 saturated carbocycles. The third-order valence-electron chi connectivity index (χ3n) is 4.17. The zero-order chi connectivity index (χ0) is 18.8. The molecule has 0 radical (unpaired) electrons. The third-order valence-corrected chi connectivity index (χ3v) is 5.15. The first-order valence-electron chi connectivity index (χ1n) is 8.39. The van der Waals surface area contributed by atoms with Gasteiger partial charge in [-0.2, -0.15) is 5.10 Å². The molecule has 4 rings (SSSR count). The zero-order valence-electron chi connectivity index (χ0n) is 14.8. The fourth-order valence-corrected chi connectivity index (χ4v) is 3.60. The topological polar surface area (TPSA) is 85.8 Å². The van der Waals surface area contributed by atoms with E-state index in [1.165, 1.54) is 17.7 Å². The highest BCUT2D eigenvalue weighted by molar-refractivity contribution is 7.15. The highest BCUT2D eigenvalue weighted by Crippen LogP contribution is 2.28. The number of benzene rings is 1. The molecule has 0 aliphatic rings. The molecule has 1 N–H and O–H groups in total. The van der Waals surface area contributed by atoms with Gasteiger partial charge < -0.3 is 9.73 Å². The van der Waals surface area contributed by atoms with E-state index in [4.69, 9.17) is 4.42 Å². The van der Waals surface area contributed by atoms with Gasteiger partial charge in [-0.15, -0.1) is 11.3 Å². The van der Waals surface area contributed by atoms with Gasteiger partial charge in [0.15, 0.2) is 10.8 Å². The molecule has 27 heavy (non-hydrogen) atoms. The first kappa shape index (κ1) is 17.2. The van der Waals surface area contributed by atoms with Crippen LogP contribution in [0.5, 0.6) is 0 Å². The van der Waals surface area contributed by atoms with Crippen molar-refractivity contribution in [2.24, 2.45) is 0 Å². The van der Waals surface area contributed by atoms with Crippen molar-refractivity contribution in [3.63, 3.8) is 0 Å². The number of hydrogen-bond donors (Lipinski definition) is 1. The van der Waals surface area contributed by atoms with Crippen molar-refractivity contribution in [2.75, 3.05) is 0 Å². The van der Waals surface area contributed by atoms with Gasteiger partial charge in [0.2, 0.25) is 0 Å². The van der Waals surface area contributed by atoms with Crippen LogP contribution in [0.15, 0.2) is 59.7 Å². The Labute approximate surface area is 159 Å². The molecule has 0 aliphatic carbocycles. The number of hydrogen-bond acceptors (Lipinski definition) is 6. The molecule has 1 atom stereocenters. The maximum Gasteiger partial charge on any atom is 0.271 e. The van der Waals surface area contributed by atoms with Gasteiger partial charge in [0, 0.05) is 4.88 Å². The molecule has 1 unspecified atom stereocenters. The Morgan fingerprint density at radius 2 is 2.07 bits per heavy atom. The lowest BCUT2D eigenvalue weighted by atomic mass is 10.1. The number of carbonyl (C=O) groups excluding carboxylic acids is 1. The number of furan rings is 1. The molecule has 4 aromatic rings. The van der Waals surface area contributed by atoms with Crippen LogP contribution in [0, 0.1) is 6.92 Å². The number of nitrogens with one attached hydrogen (secondary N) is 1. The molecule has 0 spiro atoms. The minimum atomic E-state index is -0.200. The van der Waals surface area contributed by atoms with Crippen LogP contribution in [0.2, 0.25) is 0 Å². The van der Waals surface area contributed by atoms with Crippen LogP contribution in [0.1, 0.15) is 33.9 Å². The first-order chi connectivity index (χ1) is 13.1. The first-order valence-corrected chi connectivity index (χ1v) is 9.20. The monoisotopic (exact) mass is 379 g/mol. The second kappa shape index (κ2) is 7.16. The predicted octanol–water partition coefficient (Wildman–Crippen LogP) is 3.78. The molecule has 1 aromatic carbocycles. The highest BCUT2D eigenvalue weighted by atomic mass is 32.1. The van der Waals surface area contributed by atoms with Crippen LogP contribution in [-0.2, 0) is 0 Å². The summed E-state index contributed by atoms with van der Waals surface area (Å²) in [6.07, 6.45) is 4.72. The Kier molecular flexibility index (Phi) is 4.55. The second-order valence-corrected chi connectivity index (χ2v) is 7.23. The molecule has 3 aromatic heterocycles. The average Bonchev–Trinajstić information content (AvgIpc) is 3.43. The van der Waals surface area contributed by atoms with Gasteiger partial charge in [0.05, 0.1) is 18.0 Å². The summed E-state index contributed by atoms with van der Waals surface area (Å²) in [4.78, 5) is 21.9. The average molecular weight is 379 g/mol. The SMILES string of the molecule is Cc1sc(-c2ccco2)nc1C(=O)NC(C)c1ccc(-n2cncn2)cc1. The van der Waals surface area contributed by atoms with Crippen molar-refractivity contribution in [1.82, 2.24) is 25.1 Å². The van der Waals surface area contributed by atoms with Crippen molar-refractivity contribution in [1.29, 1.82) is 0 Å². The number of carbonyl (C=O) groups is 1. The maximum atomic E-state index is 12.7. The summed E-state index contributed by atoms with van der Waals surface area (Å²) in [5.41, 5.74) is 2.33. The summed E-state index contributed by atoms with van der Waals surface area (Å²) in [5.74, 6) is 0.466. The van der Waals surface area contributed by atoms with Gasteiger partial charge in [0.1, 0.15) is 18.3 Å². The van der Waals surface area contributed by atoms with Gasteiger partial charge in [0.25, 0.3) is 5.91 Å². The molecule has 7 nitrogen and oxygen atoms in total. The maximum absolute atomic E-state index is 12.7. The summed E-state index contributed by atoms with van der Waals surface area (Å²) in [6, 6.07) is 11.3. The molecule has 0 fully saturated rings. The summed E-state index contributed by atoms with van der Waals surface area (Å²) in [7, 11) is 0. The Bertz CT molecular complexity index is 1040. The Morgan fingerprint density at radius 3 is 2.74 bits per heavy atom. The Balaban J connectivity index is 1.48. The van der Waals surface area contributed by atoms with E-state index in [0.717, 1.165) is 16.1 Å². The molecule has 0 bridgehead atoms. The lowest BCUT2D eigenvalue weighted by Crippen LogP contribution is -2.27.